The Kier molecular flexibility index (Phi) is 5.34. The van der Waals surface area contributed by atoms with Crippen molar-refractivity contribution in [1.29, 1.82) is 0 Å². The second-order valence-corrected chi connectivity index (χ2v) is 9.73. The van der Waals surface area contributed by atoms with Crippen LogP contribution in [0, 0.1) is 20.8 Å². The highest BCUT2D eigenvalue weighted by molar-refractivity contribution is 6.16. The topological polar surface area (TPSA) is 52.6 Å². The van der Waals surface area contributed by atoms with E-state index in [2.05, 4.69) is 32.9 Å². The third-order valence-electron chi connectivity index (χ3n) is 7.38. The van der Waals surface area contributed by atoms with E-state index in [0.717, 1.165) is 60.5 Å². The number of ether oxygens (including phenoxy) is 2. The van der Waals surface area contributed by atoms with Crippen molar-refractivity contribution in [3.63, 3.8) is 0 Å². The van der Waals surface area contributed by atoms with Crippen molar-refractivity contribution in [3.8, 4) is 11.1 Å². The first-order chi connectivity index (χ1) is 17.9. The molecule has 0 saturated carbocycles. The van der Waals surface area contributed by atoms with Crippen molar-refractivity contribution in [1.82, 2.24) is 0 Å². The van der Waals surface area contributed by atoms with E-state index in [9.17, 15) is 9.59 Å². The molecule has 0 unspecified atom stereocenters. The van der Waals surface area contributed by atoms with Crippen LogP contribution in [0.3, 0.4) is 0 Å². The Balaban J connectivity index is 1.81. The molecule has 0 amide bonds. The first kappa shape index (κ1) is 23.0. The Morgan fingerprint density at radius 3 is 2.05 bits per heavy atom. The van der Waals surface area contributed by atoms with E-state index in [1.54, 1.807) is 0 Å². The maximum absolute atomic E-state index is 13.4. The number of aryl methyl sites for hydroxylation is 3. The van der Waals surface area contributed by atoms with E-state index in [1.165, 1.54) is 7.11 Å². The first-order valence-electron chi connectivity index (χ1n) is 12.3. The molecule has 0 aromatic heterocycles. The van der Waals surface area contributed by atoms with Gasteiger partial charge in [0.15, 0.2) is 6.10 Å². The van der Waals surface area contributed by atoms with Crippen LogP contribution < -0.4 is 0 Å². The molecule has 0 N–H and O–H groups in total. The summed E-state index contributed by atoms with van der Waals surface area (Å²) in [5.74, 6) is -0.779. The molecule has 5 aromatic carbocycles. The SMILES string of the molecule is COC(=O)c1ccc2ccccc2c1-c1c2c(cc3ccccc13)C(=O)O[C@H]2c1c(C)cc(C)cc1C. The zero-order chi connectivity index (χ0) is 25.8. The van der Waals surface area contributed by atoms with Gasteiger partial charge in [-0.05, 0) is 71.1 Å². The average Bonchev–Trinajstić information content (AvgIpc) is 3.21. The molecule has 37 heavy (non-hydrogen) atoms. The Hall–Kier alpha value is -4.44. The van der Waals surface area contributed by atoms with E-state index in [4.69, 9.17) is 9.47 Å². The minimum absolute atomic E-state index is 0.355. The van der Waals surface area contributed by atoms with Gasteiger partial charge >= 0.3 is 11.9 Å². The molecule has 5 aromatic rings. The summed E-state index contributed by atoms with van der Waals surface area (Å²) in [7, 11) is 1.39. The minimum atomic E-state index is -0.591. The predicted molar refractivity (Wildman–Crippen MR) is 146 cm³/mol. The maximum atomic E-state index is 13.4. The molecule has 4 heteroatoms. The third-order valence-corrected chi connectivity index (χ3v) is 7.38. The van der Waals surface area contributed by atoms with Gasteiger partial charge in [0.25, 0.3) is 0 Å². The molecule has 1 heterocycles. The van der Waals surface area contributed by atoms with E-state index in [0.29, 0.717) is 11.1 Å². The average molecular weight is 487 g/mol. The molecular formula is C33H26O4. The van der Waals surface area contributed by atoms with E-state index >= 15 is 0 Å². The lowest BCUT2D eigenvalue weighted by molar-refractivity contribution is 0.0454. The standard InChI is InChI=1S/C33H26O4/c1-18-15-19(2)27(20(3)16-18)31-30-26(33(35)37-31)17-22-10-6-8-12-24(22)29(30)28-23-11-7-5-9-21(23)13-14-25(28)32(34)36-4/h5-17,31H,1-4H3/t31-/m0/s1. The fraction of sp³-hybridized carbons (Fsp3) is 0.152. The largest absolute Gasteiger partial charge is 0.465 e. The summed E-state index contributed by atoms with van der Waals surface area (Å²) in [6.45, 7) is 6.18. The predicted octanol–water partition coefficient (Wildman–Crippen LogP) is 7.63. The van der Waals surface area contributed by atoms with Crippen LogP contribution in [0.5, 0.6) is 0 Å². The number of hydrogen-bond acceptors (Lipinski definition) is 4. The van der Waals surface area contributed by atoms with Crippen molar-refractivity contribution in [2.45, 2.75) is 26.9 Å². The molecule has 182 valence electrons. The Morgan fingerprint density at radius 2 is 1.38 bits per heavy atom. The lowest BCUT2D eigenvalue weighted by atomic mass is 9.81. The smallest absolute Gasteiger partial charge is 0.339 e. The van der Waals surface area contributed by atoms with Gasteiger partial charge in [-0.3, -0.25) is 0 Å². The molecule has 0 spiro atoms. The Labute approximate surface area is 215 Å². The third kappa shape index (κ3) is 3.52. The van der Waals surface area contributed by atoms with Crippen LogP contribution in [-0.4, -0.2) is 19.0 Å². The summed E-state index contributed by atoms with van der Waals surface area (Å²) in [5.41, 5.74) is 7.63. The molecule has 0 radical (unpaired) electrons. The van der Waals surface area contributed by atoms with Gasteiger partial charge in [0, 0.05) is 16.7 Å². The second kappa shape index (κ2) is 8.59. The Bertz CT molecular complexity index is 1740. The van der Waals surface area contributed by atoms with Gasteiger partial charge in [-0.2, -0.15) is 0 Å². The highest BCUT2D eigenvalue weighted by atomic mass is 16.5. The quantitative estimate of drug-likeness (QED) is 0.246. The number of hydrogen-bond donors (Lipinski definition) is 0. The lowest BCUT2D eigenvalue weighted by Gasteiger charge is -2.22. The molecule has 6 rings (SSSR count). The summed E-state index contributed by atoms with van der Waals surface area (Å²) in [6.07, 6.45) is -0.591. The summed E-state index contributed by atoms with van der Waals surface area (Å²) in [6, 6.07) is 25.9. The number of fused-ring (bicyclic) bond motifs is 3. The zero-order valence-electron chi connectivity index (χ0n) is 21.2. The van der Waals surface area contributed by atoms with Crippen molar-refractivity contribution in [2.24, 2.45) is 0 Å². The monoisotopic (exact) mass is 486 g/mol. The second-order valence-electron chi connectivity index (χ2n) is 9.73. The molecule has 1 atom stereocenters. The highest BCUT2D eigenvalue weighted by Crippen LogP contribution is 2.49. The fourth-order valence-electron chi connectivity index (χ4n) is 5.93. The van der Waals surface area contributed by atoms with Gasteiger partial charge < -0.3 is 9.47 Å². The van der Waals surface area contributed by atoms with Crippen LogP contribution >= 0.6 is 0 Å². The minimum Gasteiger partial charge on any atom is -0.465 e. The van der Waals surface area contributed by atoms with Crippen LogP contribution in [0.4, 0.5) is 0 Å². The number of rotatable bonds is 3. The highest BCUT2D eigenvalue weighted by Gasteiger charge is 2.38. The molecule has 1 aliphatic rings. The maximum Gasteiger partial charge on any atom is 0.339 e. The zero-order valence-corrected chi connectivity index (χ0v) is 21.2. The summed E-state index contributed by atoms with van der Waals surface area (Å²) >= 11 is 0. The summed E-state index contributed by atoms with van der Waals surface area (Å²) in [5, 5.41) is 3.78. The van der Waals surface area contributed by atoms with Crippen LogP contribution in [0.15, 0.2) is 78.9 Å². The van der Waals surface area contributed by atoms with Crippen LogP contribution in [-0.2, 0) is 9.47 Å². The van der Waals surface area contributed by atoms with Gasteiger partial charge in [0.1, 0.15) is 0 Å². The number of carbonyl (C=O) groups excluding carboxylic acids is 2. The molecule has 1 aliphatic heterocycles. The Morgan fingerprint density at radius 1 is 0.757 bits per heavy atom. The molecule has 4 nitrogen and oxygen atoms in total. The van der Waals surface area contributed by atoms with Crippen LogP contribution in [0.1, 0.15) is 54.6 Å². The fourth-order valence-corrected chi connectivity index (χ4v) is 5.93. The number of methoxy groups -OCH3 is 1. The number of carbonyl (C=O) groups is 2. The summed E-state index contributed by atoms with van der Waals surface area (Å²) < 4.78 is 11.4. The summed E-state index contributed by atoms with van der Waals surface area (Å²) in [4.78, 5) is 26.5. The van der Waals surface area contributed by atoms with Gasteiger partial charge in [0.2, 0.25) is 0 Å². The number of cyclic esters (lactones) is 1. The lowest BCUT2D eigenvalue weighted by Crippen LogP contribution is -2.09. The van der Waals surface area contributed by atoms with Crippen LogP contribution in [0.25, 0.3) is 32.7 Å². The number of benzene rings is 5. The molecule has 0 saturated heterocycles. The van der Waals surface area contributed by atoms with Gasteiger partial charge in [-0.25, -0.2) is 9.59 Å². The van der Waals surface area contributed by atoms with E-state index in [-0.39, 0.29) is 5.97 Å². The van der Waals surface area contributed by atoms with E-state index in [1.807, 2.05) is 66.7 Å². The van der Waals surface area contributed by atoms with Gasteiger partial charge in [-0.1, -0.05) is 72.3 Å². The van der Waals surface area contributed by atoms with Crippen molar-refractivity contribution < 1.29 is 19.1 Å². The van der Waals surface area contributed by atoms with Gasteiger partial charge in [0.05, 0.1) is 18.2 Å². The van der Waals surface area contributed by atoms with Gasteiger partial charge in [-0.15, -0.1) is 0 Å². The normalized spacial score (nSPS) is 14.6. The van der Waals surface area contributed by atoms with E-state index < -0.39 is 12.1 Å². The molecule has 0 aliphatic carbocycles. The van der Waals surface area contributed by atoms with Crippen molar-refractivity contribution in [3.05, 3.63) is 118 Å². The number of esters is 2. The van der Waals surface area contributed by atoms with Crippen LogP contribution in [0.2, 0.25) is 0 Å². The molecule has 0 bridgehead atoms. The first-order valence-corrected chi connectivity index (χ1v) is 12.3. The van der Waals surface area contributed by atoms with Crippen molar-refractivity contribution >= 4 is 33.5 Å². The molecule has 0 fully saturated rings. The van der Waals surface area contributed by atoms with Crippen molar-refractivity contribution in [2.75, 3.05) is 7.11 Å². The molecular weight excluding hydrogens is 460 g/mol.